The Labute approximate surface area is 122 Å². The monoisotopic (exact) mass is 309 g/mol. The molecule has 0 bridgehead atoms. The van der Waals surface area contributed by atoms with Gasteiger partial charge in [-0.1, -0.05) is 0 Å². The first-order valence-corrected chi connectivity index (χ1v) is 7.41. The third kappa shape index (κ3) is 3.34. The second-order valence-corrected chi connectivity index (χ2v) is 5.70. The number of pyridine rings is 1. The fourth-order valence-corrected chi connectivity index (χ4v) is 2.80. The minimum Gasteiger partial charge on any atom is -0.497 e. The van der Waals surface area contributed by atoms with E-state index < -0.39 is 10.0 Å². The number of anilines is 2. The second-order valence-electron chi connectivity index (χ2n) is 4.10. The number of hydrogen-bond acceptors (Lipinski definition) is 6. The molecule has 0 atom stereocenters. The van der Waals surface area contributed by atoms with Crippen molar-refractivity contribution in [3.63, 3.8) is 0 Å². The van der Waals surface area contributed by atoms with Crippen molar-refractivity contribution >= 4 is 21.4 Å². The molecule has 0 amide bonds. The van der Waals surface area contributed by atoms with Gasteiger partial charge in [-0.3, -0.25) is 4.72 Å². The summed E-state index contributed by atoms with van der Waals surface area (Å²) < 4.78 is 37.1. The molecular formula is C13H15N3O4S. The van der Waals surface area contributed by atoms with E-state index in [1.165, 1.54) is 38.6 Å². The zero-order valence-electron chi connectivity index (χ0n) is 11.5. The third-order valence-electron chi connectivity index (χ3n) is 2.66. The fourth-order valence-electron chi connectivity index (χ4n) is 1.70. The summed E-state index contributed by atoms with van der Waals surface area (Å²) in [6.07, 6.45) is 1.36. The molecule has 3 N–H and O–H groups in total. The predicted octanol–water partition coefficient (Wildman–Crippen LogP) is 1.48. The Balaban J connectivity index is 2.39. The summed E-state index contributed by atoms with van der Waals surface area (Å²) in [4.78, 5) is 3.79. The van der Waals surface area contributed by atoms with Crippen LogP contribution in [-0.2, 0) is 10.0 Å². The molecule has 7 nitrogen and oxygen atoms in total. The van der Waals surface area contributed by atoms with Crippen LogP contribution in [0.3, 0.4) is 0 Å². The van der Waals surface area contributed by atoms with Gasteiger partial charge in [-0.15, -0.1) is 0 Å². The second kappa shape index (κ2) is 5.88. The molecule has 2 rings (SSSR count). The van der Waals surface area contributed by atoms with E-state index in [2.05, 4.69) is 9.71 Å². The molecule has 0 aliphatic heterocycles. The number of aromatic nitrogens is 1. The SMILES string of the molecule is COc1cc(NS(=O)(=O)c2ncccc2N)cc(OC)c1. The lowest BCUT2D eigenvalue weighted by Crippen LogP contribution is -2.16. The largest absolute Gasteiger partial charge is 0.497 e. The summed E-state index contributed by atoms with van der Waals surface area (Å²) in [6, 6.07) is 7.71. The molecule has 1 aromatic heterocycles. The lowest BCUT2D eigenvalue weighted by Gasteiger charge is -2.11. The lowest BCUT2D eigenvalue weighted by atomic mass is 10.3. The first-order valence-electron chi connectivity index (χ1n) is 5.92. The van der Waals surface area contributed by atoms with E-state index in [0.29, 0.717) is 11.5 Å². The van der Waals surface area contributed by atoms with E-state index in [1.54, 1.807) is 12.1 Å². The van der Waals surface area contributed by atoms with Crippen molar-refractivity contribution in [2.24, 2.45) is 0 Å². The molecule has 0 radical (unpaired) electrons. The molecule has 1 aromatic carbocycles. The molecule has 112 valence electrons. The molecular weight excluding hydrogens is 294 g/mol. The molecule has 0 saturated heterocycles. The van der Waals surface area contributed by atoms with E-state index in [1.807, 2.05) is 0 Å². The molecule has 0 aliphatic rings. The molecule has 0 spiro atoms. The molecule has 8 heteroatoms. The Morgan fingerprint density at radius 1 is 1.14 bits per heavy atom. The first-order chi connectivity index (χ1) is 9.96. The number of sulfonamides is 1. The molecule has 0 saturated carbocycles. The summed E-state index contributed by atoms with van der Waals surface area (Å²) in [5.74, 6) is 0.919. The van der Waals surface area contributed by atoms with Crippen LogP contribution in [0.25, 0.3) is 0 Å². The van der Waals surface area contributed by atoms with E-state index in [4.69, 9.17) is 15.2 Å². The van der Waals surface area contributed by atoms with Gasteiger partial charge >= 0.3 is 0 Å². The smallest absolute Gasteiger partial charge is 0.281 e. The highest BCUT2D eigenvalue weighted by Crippen LogP contribution is 2.27. The van der Waals surface area contributed by atoms with Crippen LogP contribution in [-0.4, -0.2) is 27.6 Å². The van der Waals surface area contributed by atoms with Crippen molar-refractivity contribution < 1.29 is 17.9 Å². The number of nitrogen functional groups attached to an aromatic ring is 1. The summed E-state index contributed by atoms with van der Waals surface area (Å²) in [5.41, 5.74) is 6.00. The third-order valence-corrected chi connectivity index (χ3v) is 4.01. The Kier molecular flexibility index (Phi) is 4.18. The number of ether oxygens (including phenoxy) is 2. The van der Waals surface area contributed by atoms with Crippen molar-refractivity contribution in [2.75, 3.05) is 24.7 Å². The van der Waals surface area contributed by atoms with Crippen molar-refractivity contribution in [1.29, 1.82) is 0 Å². The van der Waals surface area contributed by atoms with Crippen LogP contribution in [0.2, 0.25) is 0 Å². The molecule has 21 heavy (non-hydrogen) atoms. The maximum Gasteiger partial charge on any atom is 0.281 e. The minimum absolute atomic E-state index is 0.0693. The lowest BCUT2D eigenvalue weighted by molar-refractivity contribution is 0.395. The van der Waals surface area contributed by atoms with Crippen LogP contribution in [0.4, 0.5) is 11.4 Å². The highest BCUT2D eigenvalue weighted by atomic mass is 32.2. The summed E-state index contributed by atoms with van der Waals surface area (Å²) in [5, 5.41) is -0.230. The minimum atomic E-state index is -3.89. The van der Waals surface area contributed by atoms with Crippen molar-refractivity contribution in [3.05, 3.63) is 36.5 Å². The highest BCUT2D eigenvalue weighted by Gasteiger charge is 2.19. The van der Waals surface area contributed by atoms with Gasteiger partial charge in [0, 0.05) is 24.4 Å². The van der Waals surface area contributed by atoms with Gasteiger partial charge < -0.3 is 15.2 Å². The average molecular weight is 309 g/mol. The van der Waals surface area contributed by atoms with E-state index in [9.17, 15) is 8.42 Å². The van der Waals surface area contributed by atoms with Gasteiger partial charge in [0.1, 0.15) is 11.5 Å². The predicted molar refractivity (Wildman–Crippen MR) is 79.0 cm³/mol. The van der Waals surface area contributed by atoms with Crippen LogP contribution in [0.5, 0.6) is 11.5 Å². The van der Waals surface area contributed by atoms with Crippen LogP contribution in [0, 0.1) is 0 Å². The van der Waals surface area contributed by atoms with E-state index in [0.717, 1.165) is 0 Å². The quantitative estimate of drug-likeness (QED) is 0.867. The summed E-state index contributed by atoms with van der Waals surface area (Å²) >= 11 is 0. The van der Waals surface area contributed by atoms with Crippen molar-refractivity contribution in [2.45, 2.75) is 5.03 Å². The number of nitrogens with one attached hydrogen (secondary N) is 1. The van der Waals surface area contributed by atoms with Gasteiger partial charge in [-0.05, 0) is 12.1 Å². The van der Waals surface area contributed by atoms with Crippen molar-refractivity contribution in [1.82, 2.24) is 4.98 Å². The zero-order valence-corrected chi connectivity index (χ0v) is 12.3. The van der Waals surface area contributed by atoms with Gasteiger partial charge in [-0.25, -0.2) is 4.98 Å². The number of nitrogens with zero attached hydrogens (tertiary/aromatic N) is 1. The molecule has 0 unspecified atom stereocenters. The summed E-state index contributed by atoms with van der Waals surface area (Å²) in [6.45, 7) is 0. The van der Waals surface area contributed by atoms with E-state index >= 15 is 0 Å². The van der Waals surface area contributed by atoms with Crippen molar-refractivity contribution in [3.8, 4) is 11.5 Å². The van der Waals surface area contributed by atoms with Crippen LogP contribution in [0.15, 0.2) is 41.6 Å². The van der Waals surface area contributed by atoms with Gasteiger partial charge in [0.15, 0.2) is 5.03 Å². The standard InChI is InChI=1S/C13H15N3O4S/c1-19-10-6-9(7-11(8-10)20-2)16-21(17,18)13-12(14)4-3-5-15-13/h3-8,16H,14H2,1-2H3. The summed E-state index contributed by atoms with van der Waals surface area (Å²) in [7, 11) is -0.939. The number of hydrogen-bond donors (Lipinski definition) is 2. The Morgan fingerprint density at radius 3 is 2.29 bits per heavy atom. The topological polar surface area (TPSA) is 104 Å². The highest BCUT2D eigenvalue weighted by molar-refractivity contribution is 7.92. The maximum atomic E-state index is 12.3. The molecule has 2 aromatic rings. The average Bonchev–Trinajstić information content (AvgIpc) is 2.46. The maximum absolute atomic E-state index is 12.3. The zero-order chi connectivity index (χ0) is 15.5. The van der Waals surface area contributed by atoms with Gasteiger partial charge in [0.05, 0.1) is 25.6 Å². The fraction of sp³-hybridized carbons (Fsp3) is 0.154. The Hall–Kier alpha value is -2.48. The molecule has 1 heterocycles. The van der Waals surface area contributed by atoms with Crippen LogP contribution in [0.1, 0.15) is 0 Å². The number of rotatable bonds is 5. The molecule has 0 fully saturated rings. The number of benzene rings is 1. The number of methoxy groups -OCH3 is 2. The number of nitrogens with two attached hydrogens (primary N) is 1. The van der Waals surface area contributed by atoms with E-state index in [-0.39, 0.29) is 16.4 Å². The normalized spacial score (nSPS) is 11.0. The van der Waals surface area contributed by atoms with Crippen LogP contribution >= 0.6 is 0 Å². The first kappa shape index (κ1) is 14.9. The Bertz CT molecular complexity index is 725. The van der Waals surface area contributed by atoms with Gasteiger partial charge in [0.25, 0.3) is 10.0 Å². The molecule has 0 aliphatic carbocycles. The van der Waals surface area contributed by atoms with Crippen LogP contribution < -0.4 is 19.9 Å². The van der Waals surface area contributed by atoms with Gasteiger partial charge in [0.2, 0.25) is 0 Å². The van der Waals surface area contributed by atoms with Gasteiger partial charge in [-0.2, -0.15) is 8.42 Å². The Morgan fingerprint density at radius 2 is 1.76 bits per heavy atom.